The van der Waals surface area contributed by atoms with Gasteiger partial charge in [-0.15, -0.1) is 0 Å². The first kappa shape index (κ1) is 26.1. The molecule has 5 rings (SSSR count). The molecule has 36 heavy (non-hydrogen) atoms. The van der Waals surface area contributed by atoms with Gasteiger partial charge < -0.3 is 9.47 Å². The number of ether oxygens (including phenoxy) is 2. The van der Waals surface area contributed by atoms with Crippen LogP contribution in [0.3, 0.4) is 0 Å². The number of alkyl halides is 2. The zero-order valence-electron chi connectivity index (χ0n) is 20.6. The lowest BCUT2D eigenvalue weighted by Crippen LogP contribution is -2.12. The topological polar surface area (TPSA) is 35.5 Å². The molecule has 0 spiro atoms. The highest BCUT2D eigenvalue weighted by Crippen LogP contribution is 2.55. The second-order valence-corrected chi connectivity index (χ2v) is 9.87. The Bertz CT molecular complexity index is 1280. The van der Waals surface area contributed by atoms with Crippen molar-refractivity contribution < 1.29 is 14.3 Å². The van der Waals surface area contributed by atoms with Crippen molar-refractivity contribution in [3.8, 4) is 16.9 Å². The predicted octanol–water partition coefficient (Wildman–Crippen LogP) is 8.77. The zero-order valence-corrected chi connectivity index (χ0v) is 22.1. The molecule has 0 radical (unpaired) electrons. The molecule has 0 aromatic heterocycles. The summed E-state index contributed by atoms with van der Waals surface area (Å²) < 4.78 is 10.3. The van der Waals surface area contributed by atoms with E-state index in [2.05, 4.69) is 6.08 Å². The summed E-state index contributed by atoms with van der Waals surface area (Å²) in [4.78, 5) is 12.8. The van der Waals surface area contributed by atoms with Gasteiger partial charge in [0.1, 0.15) is 19.0 Å². The summed E-state index contributed by atoms with van der Waals surface area (Å²) in [6, 6.07) is 21.1. The number of rotatable bonds is 6. The van der Waals surface area contributed by atoms with Gasteiger partial charge >= 0.3 is 5.97 Å². The van der Waals surface area contributed by atoms with Gasteiger partial charge in [0, 0.05) is 11.1 Å². The summed E-state index contributed by atoms with van der Waals surface area (Å²) in [5, 5.41) is 0. The zero-order chi connectivity index (χ0) is 25.5. The maximum Gasteiger partial charge on any atom is 0.338 e. The molecule has 0 aliphatic heterocycles. The van der Waals surface area contributed by atoms with Crippen molar-refractivity contribution in [2.75, 3.05) is 6.61 Å². The number of carbonyl (C=O) groups is 1. The van der Waals surface area contributed by atoms with Crippen LogP contribution in [0.1, 0.15) is 60.2 Å². The van der Waals surface area contributed by atoms with Gasteiger partial charge in [-0.3, -0.25) is 0 Å². The van der Waals surface area contributed by atoms with Crippen LogP contribution in [0.2, 0.25) is 0 Å². The van der Waals surface area contributed by atoms with E-state index in [9.17, 15) is 4.79 Å². The number of allylic oxidation sites excluding steroid dienone is 3. The molecule has 2 aliphatic carbocycles. The van der Waals surface area contributed by atoms with E-state index < -0.39 is 4.33 Å². The molecule has 0 bridgehead atoms. The Balaban J connectivity index is 0.00000148. The normalized spacial score (nSPS) is 14.9. The second kappa shape index (κ2) is 11.8. The number of fused-ring (bicyclic) bond motifs is 3. The van der Waals surface area contributed by atoms with E-state index in [-0.39, 0.29) is 12.6 Å². The third-order valence-electron chi connectivity index (χ3n) is 6.19. The lowest BCUT2D eigenvalue weighted by atomic mass is 10.0. The largest absolute Gasteiger partial charge is 0.489 e. The van der Waals surface area contributed by atoms with Crippen molar-refractivity contribution in [1.29, 1.82) is 0 Å². The van der Waals surface area contributed by atoms with E-state index in [0.717, 1.165) is 47.1 Å². The van der Waals surface area contributed by atoms with Crippen LogP contribution in [0, 0.1) is 0 Å². The summed E-state index contributed by atoms with van der Waals surface area (Å²) in [5.41, 5.74) is 5.89. The number of halogens is 2. The number of benzene rings is 3. The summed E-state index contributed by atoms with van der Waals surface area (Å²) in [7, 11) is 0. The molecule has 0 saturated heterocycles. The Labute approximate surface area is 223 Å². The molecule has 0 fully saturated rings. The van der Waals surface area contributed by atoms with E-state index in [0.29, 0.717) is 23.5 Å². The lowest BCUT2D eigenvalue weighted by Gasteiger charge is -2.17. The van der Waals surface area contributed by atoms with Crippen LogP contribution in [0.25, 0.3) is 11.1 Å². The molecule has 0 heterocycles. The van der Waals surface area contributed by atoms with Gasteiger partial charge in [0.25, 0.3) is 0 Å². The third-order valence-corrected chi connectivity index (χ3v) is 7.00. The standard InChI is InChI=1S/C29H24Cl2O3.C2H6/c30-29(31)26-16-22(28(32)34-19-21-8-4-1-2-5-9-21)12-14-24(26)25-15-13-23(17-27(25)29)33-18-20-10-6-3-7-11-20;1-2/h1,3-4,6-8,10-17H,2,5,9,18-19H2;1-2H3. The van der Waals surface area contributed by atoms with Gasteiger partial charge in [-0.25, -0.2) is 4.79 Å². The second-order valence-electron chi connectivity index (χ2n) is 8.54. The molecule has 0 N–H and O–H groups in total. The molecule has 3 nitrogen and oxygen atoms in total. The minimum absolute atomic E-state index is 0.287. The molecule has 0 unspecified atom stereocenters. The number of esters is 1. The summed E-state index contributed by atoms with van der Waals surface area (Å²) in [6.45, 7) is 4.74. The first-order valence-electron chi connectivity index (χ1n) is 12.4. The van der Waals surface area contributed by atoms with Crippen LogP contribution in [-0.2, 0) is 15.7 Å². The average Bonchev–Trinajstić information content (AvgIpc) is 3.08. The first-order chi connectivity index (χ1) is 17.5. The molecular formula is C31H30Cl2O3. The van der Waals surface area contributed by atoms with E-state index in [1.165, 1.54) is 0 Å². The Kier molecular flexibility index (Phi) is 8.56. The van der Waals surface area contributed by atoms with Crippen molar-refractivity contribution in [1.82, 2.24) is 0 Å². The summed E-state index contributed by atoms with van der Waals surface area (Å²) >= 11 is 13.7. The van der Waals surface area contributed by atoms with Gasteiger partial charge in [0.05, 0.1) is 5.56 Å². The van der Waals surface area contributed by atoms with Crippen LogP contribution in [0.5, 0.6) is 5.75 Å². The van der Waals surface area contributed by atoms with Crippen molar-refractivity contribution in [3.05, 3.63) is 113 Å². The van der Waals surface area contributed by atoms with Gasteiger partial charge in [-0.05, 0) is 65.8 Å². The average molecular weight is 521 g/mol. The highest BCUT2D eigenvalue weighted by atomic mass is 35.5. The SMILES string of the molecule is CC.O=C(OCC1=CC=CCCC1)c1ccc2c(c1)C(Cl)(Cl)c1cc(OCc3ccccc3)ccc1-2. The maximum atomic E-state index is 12.8. The fraction of sp³-hybridized carbons (Fsp3) is 0.258. The van der Waals surface area contributed by atoms with Gasteiger partial charge in [0.15, 0.2) is 4.33 Å². The smallest absolute Gasteiger partial charge is 0.338 e. The minimum atomic E-state index is -1.29. The number of carbonyl (C=O) groups excluding carboxylic acids is 1. The van der Waals surface area contributed by atoms with Crippen LogP contribution >= 0.6 is 23.2 Å². The van der Waals surface area contributed by atoms with Gasteiger partial charge in [-0.2, -0.15) is 0 Å². The molecular weight excluding hydrogens is 491 g/mol. The lowest BCUT2D eigenvalue weighted by molar-refractivity contribution is 0.0537. The van der Waals surface area contributed by atoms with E-state index in [1.54, 1.807) is 12.1 Å². The molecule has 0 atom stereocenters. The third kappa shape index (κ3) is 5.69. The monoisotopic (exact) mass is 520 g/mol. The van der Waals surface area contributed by atoms with Crippen molar-refractivity contribution in [3.63, 3.8) is 0 Å². The molecule has 3 aromatic carbocycles. The molecule has 0 amide bonds. The Morgan fingerprint density at radius 3 is 2.42 bits per heavy atom. The van der Waals surface area contributed by atoms with Crippen LogP contribution in [0.15, 0.2) is 90.5 Å². The van der Waals surface area contributed by atoms with Crippen LogP contribution < -0.4 is 4.74 Å². The highest BCUT2D eigenvalue weighted by Gasteiger charge is 2.41. The molecule has 3 aromatic rings. The Morgan fingerprint density at radius 1 is 0.917 bits per heavy atom. The van der Waals surface area contributed by atoms with Gasteiger partial charge in [-0.1, -0.05) is 97.7 Å². The molecule has 2 aliphatic rings. The molecule has 0 saturated carbocycles. The number of hydrogen-bond donors (Lipinski definition) is 0. The highest BCUT2D eigenvalue weighted by molar-refractivity contribution is 6.51. The van der Waals surface area contributed by atoms with E-state index in [1.807, 2.05) is 80.6 Å². The summed E-state index contributed by atoms with van der Waals surface area (Å²) in [5.74, 6) is 0.301. The predicted molar refractivity (Wildman–Crippen MR) is 148 cm³/mol. The van der Waals surface area contributed by atoms with E-state index in [4.69, 9.17) is 32.7 Å². The quantitative estimate of drug-likeness (QED) is 0.240. The van der Waals surface area contributed by atoms with E-state index >= 15 is 0 Å². The minimum Gasteiger partial charge on any atom is -0.489 e. The molecule has 186 valence electrons. The van der Waals surface area contributed by atoms with Crippen molar-refractivity contribution in [2.45, 2.75) is 44.1 Å². The fourth-order valence-corrected chi connectivity index (χ4v) is 4.98. The Morgan fingerprint density at radius 2 is 1.64 bits per heavy atom. The van der Waals surface area contributed by atoms with Crippen LogP contribution in [0.4, 0.5) is 0 Å². The van der Waals surface area contributed by atoms with Crippen molar-refractivity contribution >= 4 is 29.2 Å². The number of hydrogen-bond acceptors (Lipinski definition) is 3. The van der Waals surface area contributed by atoms with Crippen molar-refractivity contribution in [2.24, 2.45) is 0 Å². The first-order valence-corrected chi connectivity index (χ1v) is 13.1. The molecule has 5 heteroatoms. The summed E-state index contributed by atoms with van der Waals surface area (Å²) in [6.07, 6.45) is 9.23. The van der Waals surface area contributed by atoms with Gasteiger partial charge in [0.2, 0.25) is 0 Å². The van der Waals surface area contributed by atoms with Crippen LogP contribution in [-0.4, -0.2) is 12.6 Å². The Hall–Kier alpha value is -3.01. The fourth-order valence-electron chi connectivity index (χ4n) is 4.35. The maximum absolute atomic E-state index is 12.8.